The van der Waals surface area contributed by atoms with Crippen LogP contribution in [0.4, 0.5) is 4.79 Å². The smallest absolute Gasteiger partial charge is 0.410 e. The lowest BCUT2D eigenvalue weighted by Crippen LogP contribution is -2.39. The lowest BCUT2D eigenvalue weighted by molar-refractivity contribution is -0.139. The molecule has 0 heterocycles. The van der Waals surface area contributed by atoms with Crippen LogP contribution in [0, 0.1) is 0 Å². The normalized spacial score (nSPS) is 12.9. The Kier molecular flexibility index (Phi) is 7.44. The van der Waals surface area contributed by atoms with Crippen LogP contribution in [0.1, 0.15) is 41.0 Å². The van der Waals surface area contributed by atoms with Crippen molar-refractivity contribution in [3.63, 3.8) is 0 Å². The lowest BCUT2D eigenvalue weighted by atomic mass is 10.2. The van der Waals surface area contributed by atoms with Gasteiger partial charge in [-0.15, -0.1) is 0 Å². The monoisotopic (exact) mass is 274 g/mol. The maximum Gasteiger partial charge on any atom is 0.410 e. The molecule has 0 aromatic heterocycles. The van der Waals surface area contributed by atoms with E-state index in [1.54, 1.807) is 11.8 Å². The summed E-state index contributed by atoms with van der Waals surface area (Å²) in [4.78, 5) is 24.0. The van der Waals surface area contributed by atoms with E-state index in [4.69, 9.17) is 9.84 Å². The second-order valence-corrected chi connectivity index (χ2v) is 5.43. The Morgan fingerprint density at radius 1 is 1.37 bits per heavy atom. The maximum absolute atomic E-state index is 11.8. The zero-order valence-electron chi connectivity index (χ0n) is 12.5. The summed E-state index contributed by atoms with van der Waals surface area (Å²) in [6.07, 6.45) is 0.353. The van der Waals surface area contributed by atoms with E-state index >= 15 is 0 Å². The van der Waals surface area contributed by atoms with E-state index in [0.717, 1.165) is 0 Å². The van der Waals surface area contributed by atoms with Crippen LogP contribution in [0.5, 0.6) is 0 Å². The fourth-order valence-electron chi connectivity index (χ4n) is 1.38. The van der Waals surface area contributed by atoms with Crippen molar-refractivity contribution in [3.8, 4) is 0 Å². The molecular weight excluding hydrogens is 248 g/mol. The number of nitrogens with one attached hydrogen (secondary N) is 1. The SMILES string of the molecule is CCN(CCCNC(C)C(=O)O)C(=O)OC(C)(C)C. The second-order valence-electron chi connectivity index (χ2n) is 5.43. The van der Waals surface area contributed by atoms with Gasteiger partial charge in [-0.1, -0.05) is 0 Å². The fourth-order valence-corrected chi connectivity index (χ4v) is 1.38. The molecule has 1 amide bonds. The zero-order valence-corrected chi connectivity index (χ0v) is 12.5. The van der Waals surface area contributed by atoms with Gasteiger partial charge in [-0.25, -0.2) is 4.79 Å². The number of hydrogen-bond acceptors (Lipinski definition) is 4. The summed E-state index contributed by atoms with van der Waals surface area (Å²) in [6, 6.07) is -0.573. The van der Waals surface area contributed by atoms with Gasteiger partial charge in [0.15, 0.2) is 0 Å². The molecule has 0 saturated heterocycles. The first kappa shape index (κ1) is 17.7. The molecule has 6 heteroatoms. The van der Waals surface area contributed by atoms with Crippen LogP contribution in [0.2, 0.25) is 0 Å². The molecule has 0 fully saturated rings. The van der Waals surface area contributed by atoms with E-state index in [-0.39, 0.29) is 6.09 Å². The molecule has 19 heavy (non-hydrogen) atoms. The van der Waals surface area contributed by atoms with Crippen molar-refractivity contribution in [3.05, 3.63) is 0 Å². The van der Waals surface area contributed by atoms with Gasteiger partial charge in [-0.3, -0.25) is 4.79 Å². The predicted molar refractivity (Wildman–Crippen MR) is 73.2 cm³/mol. The summed E-state index contributed by atoms with van der Waals surface area (Å²) in [6.45, 7) is 10.6. The van der Waals surface area contributed by atoms with E-state index in [2.05, 4.69) is 5.32 Å². The van der Waals surface area contributed by atoms with Gasteiger partial charge in [0.05, 0.1) is 0 Å². The number of carbonyl (C=O) groups is 2. The molecule has 0 saturated carbocycles. The highest BCUT2D eigenvalue weighted by atomic mass is 16.6. The number of aliphatic carboxylic acids is 1. The molecule has 6 nitrogen and oxygen atoms in total. The molecule has 2 N–H and O–H groups in total. The highest BCUT2D eigenvalue weighted by molar-refractivity contribution is 5.72. The average molecular weight is 274 g/mol. The van der Waals surface area contributed by atoms with Crippen LogP contribution in [-0.4, -0.2) is 53.3 Å². The van der Waals surface area contributed by atoms with E-state index < -0.39 is 17.6 Å². The van der Waals surface area contributed by atoms with Crippen molar-refractivity contribution >= 4 is 12.1 Å². The molecule has 0 bridgehead atoms. The molecule has 0 aliphatic carbocycles. The van der Waals surface area contributed by atoms with Gasteiger partial charge < -0.3 is 20.1 Å². The van der Waals surface area contributed by atoms with Gasteiger partial charge in [0.1, 0.15) is 11.6 Å². The summed E-state index contributed by atoms with van der Waals surface area (Å²) in [7, 11) is 0. The van der Waals surface area contributed by atoms with Gasteiger partial charge in [0, 0.05) is 13.1 Å². The minimum absolute atomic E-state index is 0.332. The Bertz CT molecular complexity index is 300. The summed E-state index contributed by atoms with van der Waals surface area (Å²) in [5.41, 5.74) is -0.499. The number of nitrogens with zero attached hydrogens (tertiary/aromatic N) is 1. The van der Waals surface area contributed by atoms with Crippen molar-refractivity contribution in [1.29, 1.82) is 0 Å². The quantitative estimate of drug-likeness (QED) is 0.691. The van der Waals surface area contributed by atoms with Gasteiger partial charge in [0.2, 0.25) is 0 Å². The van der Waals surface area contributed by atoms with Crippen LogP contribution < -0.4 is 5.32 Å². The molecule has 0 aromatic rings. The number of carbonyl (C=O) groups excluding carboxylic acids is 1. The van der Waals surface area contributed by atoms with E-state index in [1.165, 1.54) is 0 Å². The molecule has 0 spiro atoms. The lowest BCUT2D eigenvalue weighted by Gasteiger charge is -2.26. The molecule has 0 rings (SSSR count). The van der Waals surface area contributed by atoms with Crippen LogP contribution in [0.25, 0.3) is 0 Å². The minimum atomic E-state index is -0.875. The third-order valence-electron chi connectivity index (χ3n) is 2.46. The average Bonchev–Trinajstić information content (AvgIpc) is 2.25. The second kappa shape index (κ2) is 7.99. The van der Waals surface area contributed by atoms with E-state index in [9.17, 15) is 9.59 Å². The van der Waals surface area contributed by atoms with Crippen molar-refractivity contribution < 1.29 is 19.4 Å². The minimum Gasteiger partial charge on any atom is -0.480 e. The Hall–Kier alpha value is -1.30. The number of ether oxygens (including phenoxy) is 1. The van der Waals surface area contributed by atoms with Crippen molar-refractivity contribution in [1.82, 2.24) is 10.2 Å². The largest absolute Gasteiger partial charge is 0.480 e. The van der Waals surface area contributed by atoms with Crippen LogP contribution in [-0.2, 0) is 9.53 Å². The van der Waals surface area contributed by atoms with Crippen LogP contribution in [0.15, 0.2) is 0 Å². The molecule has 0 radical (unpaired) electrons. The standard InChI is InChI=1S/C13H26N2O4/c1-6-15(12(18)19-13(3,4)5)9-7-8-14-10(2)11(16)17/h10,14H,6-9H2,1-5H3,(H,16,17). The van der Waals surface area contributed by atoms with Crippen LogP contribution >= 0.6 is 0 Å². The van der Waals surface area contributed by atoms with Crippen LogP contribution in [0.3, 0.4) is 0 Å². The summed E-state index contributed by atoms with van der Waals surface area (Å²) in [5.74, 6) is -0.875. The molecule has 1 atom stereocenters. The zero-order chi connectivity index (χ0) is 15.1. The maximum atomic E-state index is 11.8. The van der Waals surface area contributed by atoms with Gasteiger partial charge in [0.25, 0.3) is 0 Å². The number of carboxylic acids is 1. The summed E-state index contributed by atoms with van der Waals surface area (Å²) < 4.78 is 5.28. The number of hydrogen-bond donors (Lipinski definition) is 2. The number of carboxylic acid groups (broad SMARTS) is 1. The molecule has 0 aromatic carbocycles. The third-order valence-corrected chi connectivity index (χ3v) is 2.46. The Morgan fingerprint density at radius 3 is 2.37 bits per heavy atom. The highest BCUT2D eigenvalue weighted by Gasteiger charge is 2.20. The van der Waals surface area contributed by atoms with Gasteiger partial charge >= 0.3 is 12.1 Å². The van der Waals surface area contributed by atoms with E-state index in [1.807, 2.05) is 27.7 Å². The Balaban J connectivity index is 4.01. The topological polar surface area (TPSA) is 78.9 Å². The van der Waals surface area contributed by atoms with Gasteiger partial charge in [-0.2, -0.15) is 0 Å². The molecule has 0 aliphatic rings. The molecule has 0 aliphatic heterocycles. The predicted octanol–water partition coefficient (Wildman–Crippen LogP) is 1.70. The molecule has 1 unspecified atom stereocenters. The fraction of sp³-hybridized carbons (Fsp3) is 0.846. The molecule has 112 valence electrons. The number of rotatable bonds is 7. The first-order valence-electron chi connectivity index (χ1n) is 6.61. The van der Waals surface area contributed by atoms with Crippen molar-refractivity contribution in [2.24, 2.45) is 0 Å². The Labute approximate surface area is 115 Å². The van der Waals surface area contributed by atoms with Crippen molar-refractivity contribution in [2.75, 3.05) is 19.6 Å². The Morgan fingerprint density at radius 2 is 1.95 bits per heavy atom. The molecular formula is C13H26N2O4. The first-order chi connectivity index (χ1) is 8.67. The van der Waals surface area contributed by atoms with Gasteiger partial charge in [-0.05, 0) is 47.6 Å². The number of amides is 1. The third kappa shape index (κ3) is 8.42. The summed E-state index contributed by atoms with van der Waals surface area (Å²) in [5, 5.41) is 11.6. The van der Waals surface area contributed by atoms with E-state index in [0.29, 0.717) is 26.1 Å². The highest BCUT2D eigenvalue weighted by Crippen LogP contribution is 2.09. The first-order valence-corrected chi connectivity index (χ1v) is 6.61. The summed E-state index contributed by atoms with van der Waals surface area (Å²) >= 11 is 0. The van der Waals surface area contributed by atoms with Crippen molar-refractivity contribution in [2.45, 2.75) is 52.7 Å².